The van der Waals surface area contributed by atoms with E-state index in [1.165, 1.54) is 24.3 Å². The van der Waals surface area contributed by atoms with Crippen molar-refractivity contribution in [3.63, 3.8) is 0 Å². The van der Waals surface area contributed by atoms with Crippen LogP contribution in [0.2, 0.25) is 0 Å². The van der Waals surface area contributed by atoms with E-state index in [9.17, 15) is 19.1 Å². The van der Waals surface area contributed by atoms with E-state index in [0.29, 0.717) is 15.7 Å². The summed E-state index contributed by atoms with van der Waals surface area (Å²) in [5, 5.41) is 17.9. The fourth-order valence-corrected chi connectivity index (χ4v) is 4.80. The number of amides is 2. The van der Waals surface area contributed by atoms with Crippen LogP contribution in [-0.2, 0) is 4.79 Å². The number of piperidine rings is 1. The molecule has 8 nitrogen and oxygen atoms in total. The smallest absolute Gasteiger partial charge is 0.295 e. The van der Waals surface area contributed by atoms with Crippen LogP contribution in [0.15, 0.2) is 51.1 Å². The zero-order valence-electron chi connectivity index (χ0n) is 18.7. The molecular formula is C24H24BrFN4O4. The fraction of sp³-hybridized carbons (Fsp3) is 0.333. The van der Waals surface area contributed by atoms with Gasteiger partial charge >= 0.3 is 0 Å². The van der Waals surface area contributed by atoms with E-state index in [4.69, 9.17) is 4.74 Å². The first-order chi connectivity index (χ1) is 16.2. The van der Waals surface area contributed by atoms with Crippen LogP contribution in [0.4, 0.5) is 10.1 Å². The molecule has 1 aliphatic heterocycles. The molecule has 1 saturated heterocycles. The highest BCUT2D eigenvalue weighted by Gasteiger charge is 2.29. The number of H-pyrrole nitrogens is 1. The first-order valence-electron chi connectivity index (χ1n) is 10.9. The summed E-state index contributed by atoms with van der Waals surface area (Å²) in [4.78, 5) is 29.6. The van der Waals surface area contributed by atoms with Crippen molar-refractivity contribution in [2.75, 3.05) is 6.61 Å². The summed E-state index contributed by atoms with van der Waals surface area (Å²) < 4.78 is 19.8. The molecule has 2 heterocycles. The van der Waals surface area contributed by atoms with Crippen molar-refractivity contribution < 1.29 is 23.8 Å². The first-order valence-corrected chi connectivity index (χ1v) is 11.7. The minimum atomic E-state index is -0.650. The molecule has 1 aliphatic rings. The Hall–Kier alpha value is -3.27. The van der Waals surface area contributed by atoms with Gasteiger partial charge in [-0.05, 0) is 85.4 Å². The Morgan fingerprint density at radius 2 is 1.88 bits per heavy atom. The summed E-state index contributed by atoms with van der Waals surface area (Å²) in [6, 6.07) is 9.00. The SMILES string of the molecule is C[C@@H]1CCC[C@@H](C)N1C(=O)COc1ccc(C(=O)N=Nc2c(O)[nH]c3c(Br)cc(F)cc23)cc1. The van der Waals surface area contributed by atoms with E-state index in [0.717, 1.165) is 19.3 Å². The normalized spacial score (nSPS) is 18.5. The van der Waals surface area contributed by atoms with Gasteiger partial charge in [0.25, 0.3) is 11.8 Å². The summed E-state index contributed by atoms with van der Waals surface area (Å²) in [6.45, 7) is 4.02. The van der Waals surface area contributed by atoms with Crippen LogP contribution in [0.5, 0.6) is 11.6 Å². The molecule has 0 spiro atoms. The third kappa shape index (κ3) is 4.96. The number of aromatic amines is 1. The van der Waals surface area contributed by atoms with Gasteiger partial charge in [-0.25, -0.2) is 4.39 Å². The van der Waals surface area contributed by atoms with Gasteiger partial charge in [-0.3, -0.25) is 9.59 Å². The number of fused-ring (bicyclic) bond motifs is 1. The van der Waals surface area contributed by atoms with Gasteiger partial charge in [0.15, 0.2) is 12.3 Å². The number of carbonyl (C=O) groups is 2. The highest BCUT2D eigenvalue weighted by atomic mass is 79.9. The molecule has 3 aromatic rings. The molecule has 1 fully saturated rings. The lowest BCUT2D eigenvalue weighted by Crippen LogP contribution is -2.49. The van der Waals surface area contributed by atoms with E-state index in [1.807, 2.05) is 18.7 Å². The van der Waals surface area contributed by atoms with Crippen LogP contribution in [0.25, 0.3) is 10.9 Å². The number of halogens is 2. The molecule has 2 N–H and O–H groups in total. The van der Waals surface area contributed by atoms with E-state index >= 15 is 0 Å². The van der Waals surface area contributed by atoms with E-state index in [-0.39, 0.29) is 47.1 Å². The van der Waals surface area contributed by atoms with Crippen molar-refractivity contribution in [2.45, 2.75) is 45.2 Å². The molecule has 2 aromatic carbocycles. The summed E-state index contributed by atoms with van der Waals surface area (Å²) in [5.41, 5.74) is 0.639. The Kier molecular flexibility index (Phi) is 6.97. The molecule has 0 bridgehead atoms. The van der Waals surface area contributed by atoms with Crippen molar-refractivity contribution >= 4 is 44.3 Å². The first kappa shape index (κ1) is 23.9. The number of azo groups is 1. The maximum atomic E-state index is 13.7. The van der Waals surface area contributed by atoms with Gasteiger partial charge in [-0.2, -0.15) is 0 Å². The average molecular weight is 531 g/mol. The minimum absolute atomic E-state index is 0.0387. The predicted octanol–water partition coefficient (Wildman–Crippen LogP) is 5.87. The number of hydrogen-bond acceptors (Lipinski definition) is 5. The van der Waals surface area contributed by atoms with Crippen molar-refractivity contribution in [1.82, 2.24) is 9.88 Å². The topological polar surface area (TPSA) is 107 Å². The number of aromatic hydroxyl groups is 1. The Morgan fingerprint density at radius 3 is 2.56 bits per heavy atom. The van der Waals surface area contributed by atoms with Crippen LogP contribution in [0.3, 0.4) is 0 Å². The van der Waals surface area contributed by atoms with Crippen molar-refractivity contribution in [1.29, 1.82) is 0 Å². The van der Waals surface area contributed by atoms with Gasteiger partial charge in [0.1, 0.15) is 11.6 Å². The van der Waals surface area contributed by atoms with Crippen LogP contribution in [-0.4, -0.2) is 45.5 Å². The van der Waals surface area contributed by atoms with Crippen molar-refractivity contribution in [2.24, 2.45) is 10.2 Å². The number of carbonyl (C=O) groups excluding carboxylic acids is 2. The molecule has 0 radical (unpaired) electrons. The third-order valence-electron chi connectivity index (χ3n) is 5.96. The second kappa shape index (κ2) is 9.92. The second-order valence-electron chi connectivity index (χ2n) is 8.38. The number of benzene rings is 2. The van der Waals surface area contributed by atoms with E-state index < -0.39 is 11.7 Å². The maximum Gasteiger partial charge on any atom is 0.295 e. The maximum absolute atomic E-state index is 13.7. The van der Waals surface area contributed by atoms with Crippen molar-refractivity contribution in [3.05, 3.63) is 52.3 Å². The van der Waals surface area contributed by atoms with E-state index in [2.05, 4.69) is 31.1 Å². The molecule has 178 valence electrons. The molecule has 4 rings (SSSR count). The minimum Gasteiger partial charge on any atom is -0.493 e. The van der Waals surface area contributed by atoms with Gasteiger partial charge in [-0.15, -0.1) is 10.2 Å². The number of ether oxygens (including phenoxy) is 1. The number of rotatable bonds is 5. The summed E-state index contributed by atoms with van der Waals surface area (Å²) in [5.74, 6) is -1.12. The number of nitrogens with zero attached hydrogens (tertiary/aromatic N) is 3. The lowest BCUT2D eigenvalue weighted by Gasteiger charge is -2.38. The molecule has 0 unspecified atom stereocenters. The van der Waals surface area contributed by atoms with Gasteiger partial charge in [-0.1, -0.05) is 0 Å². The van der Waals surface area contributed by atoms with Crippen LogP contribution < -0.4 is 4.74 Å². The van der Waals surface area contributed by atoms with Crippen molar-refractivity contribution in [3.8, 4) is 11.6 Å². The molecule has 10 heteroatoms. The highest BCUT2D eigenvalue weighted by molar-refractivity contribution is 9.10. The Labute approximate surface area is 203 Å². The molecule has 1 aromatic heterocycles. The monoisotopic (exact) mass is 530 g/mol. The van der Waals surface area contributed by atoms with Crippen LogP contribution in [0, 0.1) is 5.82 Å². The summed E-state index contributed by atoms with van der Waals surface area (Å²) in [7, 11) is 0. The van der Waals surface area contributed by atoms with E-state index in [1.54, 1.807) is 12.1 Å². The molecule has 0 saturated carbocycles. The molecule has 34 heavy (non-hydrogen) atoms. The van der Waals surface area contributed by atoms with Gasteiger partial charge in [0.2, 0.25) is 5.88 Å². The lowest BCUT2D eigenvalue weighted by atomic mass is 9.97. The fourth-order valence-electron chi connectivity index (χ4n) is 4.27. The third-order valence-corrected chi connectivity index (χ3v) is 6.59. The molecular weight excluding hydrogens is 507 g/mol. The standard InChI is InChI=1S/C24H24BrFN4O4/c1-13-4-3-5-14(2)30(13)20(31)12-34-17-8-6-15(7-9-17)23(32)29-28-22-18-10-16(26)11-19(25)21(18)27-24(22)33/h6-11,13-14,27,33H,3-5,12H2,1-2H3/t13-,14-/m1/s1. The largest absolute Gasteiger partial charge is 0.493 e. The Bertz CT molecular complexity index is 1250. The zero-order valence-corrected chi connectivity index (χ0v) is 20.3. The van der Waals surface area contributed by atoms with Gasteiger partial charge in [0, 0.05) is 27.5 Å². The summed E-state index contributed by atoms with van der Waals surface area (Å²) >= 11 is 3.21. The quantitative estimate of drug-likeness (QED) is 0.402. The van der Waals surface area contributed by atoms with Crippen LogP contribution >= 0.6 is 15.9 Å². The Morgan fingerprint density at radius 1 is 1.21 bits per heavy atom. The lowest BCUT2D eigenvalue weighted by molar-refractivity contribution is -0.139. The summed E-state index contributed by atoms with van der Waals surface area (Å²) in [6.07, 6.45) is 3.10. The highest BCUT2D eigenvalue weighted by Crippen LogP contribution is 2.39. The second-order valence-corrected chi connectivity index (χ2v) is 9.23. The zero-order chi connectivity index (χ0) is 24.4. The number of nitrogens with one attached hydrogen (secondary N) is 1. The number of likely N-dealkylation sites (tertiary alicyclic amines) is 1. The molecule has 2 atom stereocenters. The number of hydrogen-bond donors (Lipinski definition) is 2. The van der Waals surface area contributed by atoms with Gasteiger partial charge < -0.3 is 19.7 Å². The number of aromatic nitrogens is 1. The molecule has 0 aliphatic carbocycles. The average Bonchev–Trinajstić information content (AvgIpc) is 3.11. The predicted molar refractivity (Wildman–Crippen MR) is 128 cm³/mol. The van der Waals surface area contributed by atoms with Crippen LogP contribution in [0.1, 0.15) is 43.5 Å². The molecule has 2 amide bonds. The van der Waals surface area contributed by atoms with Gasteiger partial charge in [0.05, 0.1) is 5.52 Å². The Balaban J connectivity index is 1.41.